The lowest BCUT2D eigenvalue weighted by molar-refractivity contribution is -0.136. The summed E-state index contributed by atoms with van der Waals surface area (Å²) < 4.78 is 25.8. The number of carbonyl (C=O) groups is 1. The van der Waals surface area contributed by atoms with E-state index >= 15 is 0 Å². The van der Waals surface area contributed by atoms with Gasteiger partial charge in [0.05, 0.1) is 18.4 Å². The summed E-state index contributed by atoms with van der Waals surface area (Å²) >= 11 is 0. The fourth-order valence-corrected chi connectivity index (χ4v) is 4.94. The van der Waals surface area contributed by atoms with Gasteiger partial charge in [0.2, 0.25) is 15.9 Å². The van der Waals surface area contributed by atoms with E-state index in [4.69, 9.17) is 0 Å². The Morgan fingerprint density at radius 3 is 2.60 bits per heavy atom. The van der Waals surface area contributed by atoms with Crippen LogP contribution in [0.5, 0.6) is 0 Å². The Bertz CT molecular complexity index is 451. The molecule has 0 saturated carbocycles. The maximum atomic E-state index is 12.6. The van der Waals surface area contributed by atoms with Crippen molar-refractivity contribution in [2.75, 3.05) is 25.4 Å². The van der Waals surface area contributed by atoms with E-state index in [2.05, 4.69) is 0 Å². The van der Waals surface area contributed by atoms with Crippen molar-refractivity contribution in [3.05, 3.63) is 0 Å². The zero-order valence-electron chi connectivity index (χ0n) is 12.0. The smallest absolute Gasteiger partial charge is 0.241 e. The first-order chi connectivity index (χ1) is 9.51. The third kappa shape index (κ3) is 2.99. The van der Waals surface area contributed by atoms with Crippen LogP contribution in [0.3, 0.4) is 0 Å². The first kappa shape index (κ1) is 15.7. The molecule has 116 valence electrons. The van der Waals surface area contributed by atoms with Crippen molar-refractivity contribution in [2.45, 2.75) is 51.1 Å². The number of hydrogen-bond acceptors (Lipinski definition) is 4. The van der Waals surface area contributed by atoms with Gasteiger partial charge in [0.1, 0.15) is 6.04 Å². The number of likely N-dealkylation sites (tertiary alicyclic amines) is 1. The van der Waals surface area contributed by atoms with E-state index in [0.717, 1.165) is 19.3 Å². The first-order valence-electron chi connectivity index (χ1n) is 7.42. The fraction of sp³-hybridized carbons (Fsp3) is 0.923. The minimum atomic E-state index is -3.33. The normalized spacial score (nSPS) is 28.2. The lowest BCUT2D eigenvalue weighted by Gasteiger charge is -2.30. The summed E-state index contributed by atoms with van der Waals surface area (Å²) in [5.41, 5.74) is 0. The molecule has 1 amide bonds. The molecule has 0 aliphatic carbocycles. The van der Waals surface area contributed by atoms with Crippen molar-refractivity contribution in [2.24, 2.45) is 0 Å². The van der Waals surface area contributed by atoms with Crippen LogP contribution in [0.25, 0.3) is 0 Å². The van der Waals surface area contributed by atoms with Gasteiger partial charge < -0.3 is 10.0 Å². The van der Waals surface area contributed by atoms with Crippen LogP contribution >= 0.6 is 0 Å². The highest BCUT2D eigenvalue weighted by Crippen LogP contribution is 2.26. The fourth-order valence-electron chi connectivity index (χ4n) is 3.20. The molecule has 0 aromatic rings. The number of aliphatic hydroxyl groups excluding tert-OH is 1. The number of sulfonamides is 1. The molecule has 6 nitrogen and oxygen atoms in total. The standard InChI is InChI=1S/C13H24N2O4S/c1-2-9-20(18,19)15-8-4-6-12(15)13(17)14-7-3-5-11(14)10-16/h11-12,16H,2-10H2,1H3. The maximum absolute atomic E-state index is 12.6. The summed E-state index contributed by atoms with van der Waals surface area (Å²) in [5, 5.41) is 9.31. The molecule has 20 heavy (non-hydrogen) atoms. The van der Waals surface area contributed by atoms with Crippen LogP contribution in [0.4, 0.5) is 0 Å². The van der Waals surface area contributed by atoms with Gasteiger partial charge in [-0.15, -0.1) is 0 Å². The predicted octanol–water partition coefficient (Wildman–Crippen LogP) is 0.174. The Hall–Kier alpha value is -0.660. The molecule has 0 aromatic heterocycles. The number of aliphatic hydroxyl groups is 1. The third-order valence-electron chi connectivity index (χ3n) is 4.18. The molecule has 1 N–H and O–H groups in total. The molecule has 0 spiro atoms. The summed E-state index contributed by atoms with van der Waals surface area (Å²) in [6, 6.07) is -0.697. The van der Waals surface area contributed by atoms with Crippen LogP contribution < -0.4 is 0 Å². The molecule has 2 aliphatic heterocycles. The summed E-state index contributed by atoms with van der Waals surface area (Å²) in [7, 11) is -3.33. The second-order valence-corrected chi connectivity index (χ2v) is 7.64. The van der Waals surface area contributed by atoms with Gasteiger partial charge in [0.15, 0.2) is 0 Å². The molecule has 2 atom stereocenters. The molecular weight excluding hydrogens is 280 g/mol. The van der Waals surface area contributed by atoms with Gasteiger partial charge in [-0.2, -0.15) is 4.31 Å². The van der Waals surface area contributed by atoms with Gasteiger partial charge in [-0.1, -0.05) is 6.92 Å². The van der Waals surface area contributed by atoms with E-state index in [1.807, 2.05) is 6.92 Å². The minimum absolute atomic E-state index is 0.0415. The van der Waals surface area contributed by atoms with Crippen molar-refractivity contribution >= 4 is 15.9 Å². The third-order valence-corrected chi connectivity index (χ3v) is 6.25. The van der Waals surface area contributed by atoms with E-state index in [9.17, 15) is 18.3 Å². The number of carbonyl (C=O) groups excluding carboxylic acids is 1. The number of rotatable bonds is 5. The van der Waals surface area contributed by atoms with E-state index in [1.165, 1.54) is 4.31 Å². The number of nitrogens with zero attached hydrogens (tertiary/aromatic N) is 2. The minimum Gasteiger partial charge on any atom is -0.394 e. The van der Waals surface area contributed by atoms with Gasteiger partial charge >= 0.3 is 0 Å². The molecule has 0 radical (unpaired) electrons. The Kier molecular flexibility index (Phi) is 5.04. The zero-order valence-corrected chi connectivity index (χ0v) is 12.8. The van der Waals surface area contributed by atoms with E-state index in [-0.39, 0.29) is 24.3 Å². The molecule has 7 heteroatoms. The summed E-state index contributed by atoms with van der Waals surface area (Å²) in [4.78, 5) is 14.3. The van der Waals surface area contributed by atoms with Crippen molar-refractivity contribution in [1.29, 1.82) is 0 Å². The van der Waals surface area contributed by atoms with Crippen molar-refractivity contribution < 1.29 is 18.3 Å². The topological polar surface area (TPSA) is 77.9 Å². The van der Waals surface area contributed by atoms with Crippen LogP contribution in [0, 0.1) is 0 Å². The Morgan fingerprint density at radius 2 is 1.95 bits per heavy atom. The number of hydrogen-bond donors (Lipinski definition) is 1. The Morgan fingerprint density at radius 1 is 1.25 bits per heavy atom. The molecule has 2 aliphatic rings. The van der Waals surface area contributed by atoms with Gasteiger partial charge in [-0.3, -0.25) is 4.79 Å². The summed E-state index contributed by atoms with van der Waals surface area (Å²) in [6.45, 7) is 2.85. The lowest BCUT2D eigenvalue weighted by atomic mass is 10.2. The molecule has 2 fully saturated rings. The molecule has 2 heterocycles. The SMILES string of the molecule is CCCS(=O)(=O)N1CCCC1C(=O)N1CCCC1CO. The van der Waals surface area contributed by atoms with Crippen molar-refractivity contribution in [3.8, 4) is 0 Å². The van der Waals surface area contributed by atoms with Crippen molar-refractivity contribution in [3.63, 3.8) is 0 Å². The molecule has 2 unspecified atom stereocenters. The molecule has 2 rings (SSSR count). The molecular formula is C13H24N2O4S. The van der Waals surface area contributed by atoms with Crippen molar-refractivity contribution in [1.82, 2.24) is 9.21 Å². The monoisotopic (exact) mass is 304 g/mol. The predicted molar refractivity (Wildman–Crippen MR) is 75.6 cm³/mol. The Labute approximate surface area is 120 Å². The molecule has 2 saturated heterocycles. The first-order valence-corrected chi connectivity index (χ1v) is 9.03. The highest BCUT2D eigenvalue weighted by Gasteiger charge is 2.42. The van der Waals surface area contributed by atoms with E-state index < -0.39 is 16.1 Å². The van der Waals surface area contributed by atoms with Crippen LogP contribution in [-0.4, -0.2) is 66.2 Å². The van der Waals surface area contributed by atoms with Gasteiger partial charge in [0.25, 0.3) is 0 Å². The summed E-state index contributed by atoms with van der Waals surface area (Å²) in [5.74, 6) is -0.0287. The largest absolute Gasteiger partial charge is 0.394 e. The number of amides is 1. The second-order valence-electron chi connectivity index (χ2n) is 5.60. The van der Waals surface area contributed by atoms with E-state index in [1.54, 1.807) is 4.90 Å². The van der Waals surface area contributed by atoms with Gasteiger partial charge in [0, 0.05) is 13.1 Å². The second kappa shape index (κ2) is 6.41. The van der Waals surface area contributed by atoms with Crippen LogP contribution in [0.15, 0.2) is 0 Å². The Balaban J connectivity index is 2.12. The summed E-state index contributed by atoms with van der Waals surface area (Å²) in [6.07, 6.45) is 3.57. The average Bonchev–Trinajstić information content (AvgIpc) is 3.06. The zero-order chi connectivity index (χ0) is 14.8. The maximum Gasteiger partial charge on any atom is 0.241 e. The highest BCUT2D eigenvalue weighted by molar-refractivity contribution is 7.89. The van der Waals surface area contributed by atoms with Gasteiger partial charge in [-0.25, -0.2) is 8.42 Å². The average molecular weight is 304 g/mol. The quantitative estimate of drug-likeness (QED) is 0.785. The molecule has 0 aromatic carbocycles. The molecule has 0 bridgehead atoms. The van der Waals surface area contributed by atoms with Crippen LogP contribution in [-0.2, 0) is 14.8 Å². The van der Waals surface area contributed by atoms with Crippen LogP contribution in [0.1, 0.15) is 39.0 Å². The lowest BCUT2D eigenvalue weighted by Crippen LogP contribution is -2.50. The van der Waals surface area contributed by atoms with Crippen LogP contribution in [0.2, 0.25) is 0 Å². The van der Waals surface area contributed by atoms with Gasteiger partial charge in [-0.05, 0) is 32.1 Å². The highest BCUT2D eigenvalue weighted by atomic mass is 32.2. The van der Waals surface area contributed by atoms with E-state index in [0.29, 0.717) is 25.9 Å².